The number of nitrogens with one attached hydrogen (secondary N) is 2. The highest BCUT2D eigenvalue weighted by Gasteiger charge is 2.34. The second kappa shape index (κ2) is 16.4. The number of imidazole rings is 1. The van der Waals surface area contributed by atoms with Crippen molar-refractivity contribution in [3.8, 4) is 23.3 Å². The van der Waals surface area contributed by atoms with E-state index in [0.717, 1.165) is 34.7 Å². The monoisotopic (exact) mass is 831 g/mol. The number of nitrogens with zero attached hydrogens (tertiary/aromatic N) is 5. The van der Waals surface area contributed by atoms with Gasteiger partial charge in [-0.3, -0.25) is 19.8 Å². The van der Waals surface area contributed by atoms with Crippen LogP contribution in [0.3, 0.4) is 0 Å². The number of urea groups is 1. The van der Waals surface area contributed by atoms with Crippen molar-refractivity contribution in [3.63, 3.8) is 0 Å². The molecule has 2 amide bonds. The maximum Gasteiger partial charge on any atom is 0.416 e. The van der Waals surface area contributed by atoms with Gasteiger partial charge in [0.25, 0.3) is 15.7 Å². The summed E-state index contributed by atoms with van der Waals surface area (Å²) in [4.78, 5) is 44.9. The number of benzene rings is 2. The minimum absolute atomic E-state index is 0.0584. The number of halogens is 4. The van der Waals surface area contributed by atoms with Crippen LogP contribution in [0.4, 0.5) is 29.6 Å². The van der Waals surface area contributed by atoms with Crippen LogP contribution in [0.25, 0.3) is 5.65 Å². The Balaban J connectivity index is 0.000000253. The van der Waals surface area contributed by atoms with Gasteiger partial charge in [-0.2, -0.15) is 31.6 Å². The van der Waals surface area contributed by atoms with E-state index < -0.39 is 69.8 Å². The van der Waals surface area contributed by atoms with Gasteiger partial charge in [-0.15, -0.1) is 0 Å². The molecule has 3 N–H and O–H groups in total. The molecule has 5 rings (SSSR count). The van der Waals surface area contributed by atoms with E-state index in [9.17, 15) is 49.7 Å². The Labute approximate surface area is 312 Å². The number of hydrogen-bond donors (Lipinski definition) is 3. The third-order valence-electron chi connectivity index (χ3n) is 6.82. The van der Waals surface area contributed by atoms with E-state index in [4.69, 9.17) is 30.9 Å². The van der Waals surface area contributed by atoms with Crippen molar-refractivity contribution in [1.29, 1.82) is 0 Å². The van der Waals surface area contributed by atoms with Gasteiger partial charge < -0.3 is 19.3 Å². The van der Waals surface area contributed by atoms with Crippen LogP contribution in [0.15, 0.2) is 76.9 Å². The van der Waals surface area contributed by atoms with Crippen LogP contribution < -0.4 is 24.2 Å². The summed E-state index contributed by atoms with van der Waals surface area (Å²) in [6, 6.07) is 9.87. The maximum atomic E-state index is 13.0. The van der Waals surface area contributed by atoms with Crippen molar-refractivity contribution >= 4 is 60.7 Å². The Morgan fingerprint density at radius 1 is 0.982 bits per heavy atom. The number of rotatable bonds is 11. The van der Waals surface area contributed by atoms with Crippen molar-refractivity contribution < 1.29 is 63.8 Å². The van der Waals surface area contributed by atoms with Crippen LogP contribution in [0.5, 0.6) is 23.3 Å². The minimum atomic E-state index is -4.68. The van der Waals surface area contributed by atoms with Crippen LogP contribution >= 0.6 is 11.6 Å². The van der Waals surface area contributed by atoms with Crippen LogP contribution in [0.2, 0.25) is 5.02 Å². The second-order valence-corrected chi connectivity index (χ2v) is 14.6. The topological polar surface area (TPSA) is 261 Å². The average Bonchev–Trinajstić information content (AvgIpc) is 3.53. The first-order chi connectivity index (χ1) is 25.7. The Kier molecular flexibility index (Phi) is 12.4. The number of aromatic carboxylic acids is 1. The van der Waals surface area contributed by atoms with E-state index in [1.807, 2.05) is 0 Å². The average molecular weight is 832 g/mol. The number of fused-ring (bicyclic) bond motifs is 1. The number of aromatic nitrogens is 4. The van der Waals surface area contributed by atoms with Crippen LogP contribution in [-0.4, -0.2) is 78.2 Å². The first kappa shape index (κ1) is 41.5. The molecule has 0 saturated heterocycles. The SMILES string of the molecule is CCS(=O)(=O)c1nc2ccccn2c1S(=O)(=O)NC(=O)Nc1nc(OC)cc(OC)n1.O=C(O)c1cc(Oc2ccc(C(F)(F)F)cc2Cl)ccc1[N+](=O)[O-]. The second-order valence-electron chi connectivity index (χ2n) is 10.4. The zero-order valence-electron chi connectivity index (χ0n) is 28.1. The molecular weight excluding hydrogens is 807 g/mol. The summed E-state index contributed by atoms with van der Waals surface area (Å²) in [6.45, 7) is 1.35. The number of hydrogen-bond acceptors (Lipinski definition) is 14. The molecule has 2 aromatic carbocycles. The fraction of sp³-hybridized carbons (Fsp3) is 0.167. The molecule has 292 valence electrons. The molecule has 0 aliphatic heterocycles. The highest BCUT2D eigenvalue weighted by atomic mass is 35.5. The molecule has 0 aliphatic carbocycles. The van der Waals surface area contributed by atoms with Gasteiger partial charge in [0, 0.05) is 18.3 Å². The van der Waals surface area contributed by atoms with Crippen LogP contribution in [0.1, 0.15) is 22.8 Å². The standard InChI is InChI=1S/C16H18N6O7S2.C14H7ClF3NO5/c1-4-30(24,25)13-14(22-8-6-5-7-10(22)17-13)31(26,27)21-16(23)20-15-18-11(28-2)9-12(19-15)29-3;15-10-5-7(14(16,17)18)1-4-12(10)24-8-2-3-11(19(22)23)9(6-8)13(20)21/h5-9H,4H2,1-3H3,(H2,18,19,20,21,23);1-6H,(H,20,21). The zero-order valence-corrected chi connectivity index (χ0v) is 30.4. The molecule has 3 aromatic heterocycles. The molecule has 25 heteroatoms. The number of carboxylic acids is 1. The van der Waals surface area contributed by atoms with E-state index in [1.165, 1.54) is 45.5 Å². The lowest BCUT2D eigenvalue weighted by atomic mass is 10.1. The molecule has 3 heterocycles. The predicted molar refractivity (Wildman–Crippen MR) is 184 cm³/mol. The molecule has 0 saturated carbocycles. The minimum Gasteiger partial charge on any atom is -0.481 e. The molecular formula is C30H25ClF3N7O12S2. The summed E-state index contributed by atoms with van der Waals surface area (Å²) in [5.74, 6) is -2.40. The number of carbonyl (C=O) groups is 2. The largest absolute Gasteiger partial charge is 0.481 e. The number of carboxylic acid groups (broad SMARTS) is 1. The van der Waals surface area contributed by atoms with Crippen molar-refractivity contribution in [1.82, 2.24) is 24.1 Å². The Hall–Kier alpha value is -6.27. The van der Waals surface area contributed by atoms with E-state index in [0.29, 0.717) is 6.07 Å². The number of nitro benzene ring substituents is 1. The number of pyridine rings is 1. The number of anilines is 1. The Bertz CT molecular complexity index is 2500. The molecule has 0 spiro atoms. The summed E-state index contributed by atoms with van der Waals surface area (Å²) >= 11 is 5.72. The maximum absolute atomic E-state index is 13.0. The highest BCUT2D eigenvalue weighted by molar-refractivity contribution is 7.93. The molecule has 19 nitrogen and oxygen atoms in total. The Morgan fingerprint density at radius 3 is 2.18 bits per heavy atom. The van der Waals surface area contributed by atoms with Crippen LogP contribution in [-0.2, 0) is 26.0 Å². The first-order valence-electron chi connectivity index (χ1n) is 14.8. The van der Waals surface area contributed by atoms with Gasteiger partial charge in [-0.05, 0) is 36.4 Å². The van der Waals surface area contributed by atoms with Gasteiger partial charge in [0.15, 0.2) is 19.9 Å². The lowest BCUT2D eigenvalue weighted by Gasteiger charge is -2.11. The smallest absolute Gasteiger partial charge is 0.416 e. The normalized spacial score (nSPS) is 11.5. The number of alkyl halides is 3. The quantitative estimate of drug-likeness (QED) is 0.114. The van der Waals surface area contributed by atoms with Gasteiger partial charge in [0.05, 0.1) is 41.5 Å². The zero-order chi connectivity index (χ0) is 40.9. The van der Waals surface area contributed by atoms with Crippen molar-refractivity contribution in [2.45, 2.75) is 23.2 Å². The lowest BCUT2D eigenvalue weighted by molar-refractivity contribution is -0.385. The van der Waals surface area contributed by atoms with Gasteiger partial charge in [0.2, 0.25) is 17.7 Å². The van der Waals surface area contributed by atoms with Gasteiger partial charge in [-0.25, -0.2) is 27.7 Å². The van der Waals surface area contributed by atoms with Gasteiger partial charge >= 0.3 is 18.2 Å². The van der Waals surface area contributed by atoms with E-state index >= 15 is 0 Å². The molecule has 0 aliphatic rings. The van der Waals surface area contributed by atoms with Crippen molar-refractivity contribution in [3.05, 3.63) is 93.1 Å². The summed E-state index contributed by atoms with van der Waals surface area (Å²) in [5, 5.41) is 20.2. The van der Waals surface area contributed by atoms with Crippen molar-refractivity contribution in [2.24, 2.45) is 0 Å². The molecule has 0 fully saturated rings. The third kappa shape index (κ3) is 9.84. The third-order valence-corrected chi connectivity index (χ3v) is 10.2. The molecule has 5 aromatic rings. The van der Waals surface area contributed by atoms with Crippen LogP contribution in [0, 0.1) is 10.1 Å². The molecule has 55 heavy (non-hydrogen) atoms. The Morgan fingerprint density at radius 2 is 1.64 bits per heavy atom. The number of methoxy groups -OCH3 is 2. The number of nitro groups is 1. The van der Waals surface area contributed by atoms with E-state index in [1.54, 1.807) is 10.8 Å². The fourth-order valence-corrected chi connectivity index (χ4v) is 7.18. The highest BCUT2D eigenvalue weighted by Crippen LogP contribution is 2.37. The van der Waals surface area contributed by atoms with E-state index in [2.05, 4.69) is 20.3 Å². The summed E-state index contributed by atoms with van der Waals surface area (Å²) < 4.78 is 106. The number of carbonyl (C=O) groups excluding carboxylic acids is 1. The predicted octanol–water partition coefficient (Wildman–Crippen LogP) is 5.20. The number of ether oxygens (including phenoxy) is 3. The molecule has 0 atom stereocenters. The first-order valence-corrected chi connectivity index (χ1v) is 18.3. The number of amides is 2. The van der Waals surface area contributed by atoms with Crippen molar-refractivity contribution in [2.75, 3.05) is 25.3 Å². The molecule has 0 unspecified atom stereocenters. The number of sulfone groups is 1. The number of sulfonamides is 1. The summed E-state index contributed by atoms with van der Waals surface area (Å²) in [5.41, 5.74) is -2.17. The molecule has 0 radical (unpaired) electrons. The van der Waals surface area contributed by atoms with Gasteiger partial charge in [-0.1, -0.05) is 24.6 Å². The lowest BCUT2D eigenvalue weighted by Crippen LogP contribution is -2.36. The fourth-order valence-electron chi connectivity index (χ4n) is 4.30. The van der Waals surface area contributed by atoms with E-state index in [-0.39, 0.29) is 45.6 Å². The van der Waals surface area contributed by atoms with Gasteiger partial charge in [0.1, 0.15) is 22.7 Å². The summed E-state index contributed by atoms with van der Waals surface area (Å²) in [7, 11) is -6.04. The summed E-state index contributed by atoms with van der Waals surface area (Å²) in [6.07, 6.45) is -3.26. The molecule has 0 bridgehead atoms.